The van der Waals surface area contributed by atoms with Crippen LogP contribution < -0.4 is 0 Å². The number of unbranched alkanes of at least 4 members (excludes halogenated alkanes) is 5. The molecule has 0 atom stereocenters. The summed E-state index contributed by atoms with van der Waals surface area (Å²) in [7, 11) is 0. The van der Waals surface area contributed by atoms with E-state index in [9.17, 15) is 9.59 Å². The predicted octanol–water partition coefficient (Wildman–Crippen LogP) is 3.50. The quantitative estimate of drug-likeness (QED) is 0.274. The van der Waals surface area contributed by atoms with E-state index in [2.05, 4.69) is 6.92 Å². The van der Waals surface area contributed by atoms with Crippen molar-refractivity contribution >= 4 is 12.3 Å². The SMILES string of the molecule is CCCCCCCCC(/C=C\C(=O)O)=C/C=O. The van der Waals surface area contributed by atoms with Crippen molar-refractivity contribution < 1.29 is 14.7 Å². The van der Waals surface area contributed by atoms with Crippen LogP contribution in [0.4, 0.5) is 0 Å². The van der Waals surface area contributed by atoms with Crippen molar-refractivity contribution in [2.45, 2.75) is 51.9 Å². The highest BCUT2D eigenvalue weighted by molar-refractivity contribution is 5.80. The number of hydrogen-bond donors (Lipinski definition) is 1. The highest BCUT2D eigenvalue weighted by Gasteiger charge is 1.95. The van der Waals surface area contributed by atoms with Crippen molar-refractivity contribution in [2.24, 2.45) is 0 Å². The molecule has 17 heavy (non-hydrogen) atoms. The standard InChI is InChI=1S/C14H22O3/c1-2-3-4-5-6-7-8-13(11-12-15)9-10-14(16)17/h9-12H,2-8H2,1H3,(H,16,17)/b10-9-,13-11-. The highest BCUT2D eigenvalue weighted by atomic mass is 16.4. The van der Waals surface area contributed by atoms with Gasteiger partial charge in [0.25, 0.3) is 0 Å². The summed E-state index contributed by atoms with van der Waals surface area (Å²) in [6.45, 7) is 2.18. The highest BCUT2D eigenvalue weighted by Crippen LogP contribution is 2.12. The van der Waals surface area contributed by atoms with Crippen LogP contribution in [0.1, 0.15) is 51.9 Å². The Morgan fingerprint density at radius 3 is 2.29 bits per heavy atom. The Morgan fingerprint density at radius 1 is 1.06 bits per heavy atom. The third-order valence-electron chi connectivity index (χ3n) is 2.54. The van der Waals surface area contributed by atoms with E-state index < -0.39 is 5.97 Å². The van der Waals surface area contributed by atoms with Crippen molar-refractivity contribution in [3.63, 3.8) is 0 Å². The van der Waals surface area contributed by atoms with Gasteiger partial charge in [-0.3, -0.25) is 4.79 Å². The second-order valence-corrected chi connectivity index (χ2v) is 4.07. The summed E-state index contributed by atoms with van der Waals surface area (Å²) in [5.74, 6) is -0.982. The van der Waals surface area contributed by atoms with Crippen LogP contribution in [-0.4, -0.2) is 17.4 Å². The monoisotopic (exact) mass is 238 g/mol. The van der Waals surface area contributed by atoms with Crippen LogP contribution >= 0.6 is 0 Å². The van der Waals surface area contributed by atoms with Gasteiger partial charge in [-0.2, -0.15) is 0 Å². The molecule has 3 heteroatoms. The summed E-state index contributed by atoms with van der Waals surface area (Å²) in [6.07, 6.45) is 12.6. The number of aliphatic carboxylic acids is 1. The molecule has 0 radical (unpaired) electrons. The fourth-order valence-electron chi connectivity index (χ4n) is 1.60. The second kappa shape index (κ2) is 11.1. The summed E-state index contributed by atoms with van der Waals surface area (Å²) in [5.41, 5.74) is 0.790. The zero-order valence-corrected chi connectivity index (χ0v) is 10.5. The molecule has 0 fully saturated rings. The number of hydrogen-bond acceptors (Lipinski definition) is 2. The van der Waals surface area contributed by atoms with E-state index in [1.807, 2.05) is 0 Å². The minimum atomic E-state index is -0.982. The lowest BCUT2D eigenvalue weighted by Gasteiger charge is -2.01. The van der Waals surface area contributed by atoms with Gasteiger partial charge < -0.3 is 5.11 Å². The average molecular weight is 238 g/mol. The first-order valence-electron chi connectivity index (χ1n) is 6.26. The van der Waals surface area contributed by atoms with E-state index in [0.717, 1.165) is 30.9 Å². The van der Waals surface area contributed by atoms with E-state index in [1.165, 1.54) is 37.8 Å². The van der Waals surface area contributed by atoms with Crippen molar-refractivity contribution in [1.82, 2.24) is 0 Å². The molecule has 0 aliphatic heterocycles. The van der Waals surface area contributed by atoms with E-state index in [-0.39, 0.29) is 0 Å². The first kappa shape index (κ1) is 15.6. The Labute approximate surface area is 103 Å². The minimum Gasteiger partial charge on any atom is -0.478 e. The van der Waals surface area contributed by atoms with Crippen molar-refractivity contribution in [2.75, 3.05) is 0 Å². The third kappa shape index (κ3) is 10.9. The van der Waals surface area contributed by atoms with Gasteiger partial charge in [-0.05, 0) is 24.5 Å². The number of carbonyl (C=O) groups is 2. The van der Waals surface area contributed by atoms with Crippen molar-refractivity contribution in [3.05, 3.63) is 23.8 Å². The summed E-state index contributed by atoms with van der Waals surface area (Å²) in [4.78, 5) is 20.7. The van der Waals surface area contributed by atoms with Crippen LogP contribution in [0.15, 0.2) is 23.8 Å². The van der Waals surface area contributed by atoms with E-state index in [0.29, 0.717) is 6.29 Å². The van der Waals surface area contributed by atoms with E-state index in [4.69, 9.17) is 5.11 Å². The molecule has 0 rings (SSSR count). The van der Waals surface area contributed by atoms with Gasteiger partial charge in [-0.25, -0.2) is 4.79 Å². The van der Waals surface area contributed by atoms with Gasteiger partial charge in [0, 0.05) is 6.08 Å². The molecule has 3 nitrogen and oxygen atoms in total. The third-order valence-corrected chi connectivity index (χ3v) is 2.54. The Kier molecular flexibility index (Phi) is 10.2. The van der Waals surface area contributed by atoms with Crippen LogP contribution in [0.3, 0.4) is 0 Å². The molecule has 0 saturated carbocycles. The Balaban J connectivity index is 3.83. The maximum absolute atomic E-state index is 10.4. The molecule has 0 amide bonds. The largest absolute Gasteiger partial charge is 0.478 e. The summed E-state index contributed by atoms with van der Waals surface area (Å²) in [6, 6.07) is 0. The van der Waals surface area contributed by atoms with Gasteiger partial charge in [0.1, 0.15) is 6.29 Å². The molecule has 0 heterocycles. The zero-order chi connectivity index (χ0) is 12.9. The maximum Gasteiger partial charge on any atom is 0.328 e. The molecule has 0 aliphatic carbocycles. The number of allylic oxidation sites excluding steroid dienone is 3. The first-order chi connectivity index (χ1) is 8.20. The minimum absolute atomic E-state index is 0.707. The molecule has 0 saturated heterocycles. The molecule has 0 spiro atoms. The summed E-state index contributed by atoms with van der Waals surface area (Å²) >= 11 is 0. The molecule has 96 valence electrons. The Hall–Kier alpha value is -1.38. The second-order valence-electron chi connectivity index (χ2n) is 4.07. The molecular formula is C14H22O3. The molecule has 0 unspecified atom stereocenters. The Morgan fingerprint density at radius 2 is 1.71 bits per heavy atom. The predicted molar refractivity (Wildman–Crippen MR) is 68.9 cm³/mol. The molecule has 0 bridgehead atoms. The first-order valence-corrected chi connectivity index (χ1v) is 6.26. The van der Waals surface area contributed by atoms with Crippen LogP contribution in [0.5, 0.6) is 0 Å². The van der Waals surface area contributed by atoms with Crippen molar-refractivity contribution in [1.29, 1.82) is 0 Å². The normalized spacial score (nSPS) is 11.9. The molecule has 1 N–H and O–H groups in total. The zero-order valence-electron chi connectivity index (χ0n) is 10.5. The van der Waals surface area contributed by atoms with E-state index >= 15 is 0 Å². The Bertz CT molecular complexity index is 277. The fraction of sp³-hybridized carbons (Fsp3) is 0.571. The average Bonchev–Trinajstić information content (AvgIpc) is 2.30. The molecule has 0 aromatic carbocycles. The van der Waals surface area contributed by atoms with Gasteiger partial charge >= 0.3 is 5.97 Å². The summed E-state index contributed by atoms with van der Waals surface area (Å²) < 4.78 is 0. The van der Waals surface area contributed by atoms with Crippen molar-refractivity contribution in [3.8, 4) is 0 Å². The molecule has 0 aliphatic rings. The van der Waals surface area contributed by atoms with Gasteiger partial charge in [0.2, 0.25) is 0 Å². The number of carboxylic acid groups (broad SMARTS) is 1. The topological polar surface area (TPSA) is 54.4 Å². The van der Waals surface area contributed by atoms with Crippen LogP contribution in [0, 0.1) is 0 Å². The fourth-order valence-corrected chi connectivity index (χ4v) is 1.60. The van der Waals surface area contributed by atoms with Gasteiger partial charge in [-0.15, -0.1) is 0 Å². The number of aldehydes is 1. The lowest BCUT2D eigenvalue weighted by atomic mass is 10.0. The number of rotatable bonds is 10. The molecular weight excluding hydrogens is 216 g/mol. The smallest absolute Gasteiger partial charge is 0.328 e. The number of carboxylic acids is 1. The van der Waals surface area contributed by atoms with Gasteiger partial charge in [0.15, 0.2) is 0 Å². The van der Waals surface area contributed by atoms with Crippen LogP contribution in [-0.2, 0) is 9.59 Å². The number of carbonyl (C=O) groups excluding carboxylic acids is 1. The molecule has 0 aromatic rings. The van der Waals surface area contributed by atoms with Crippen LogP contribution in [0.25, 0.3) is 0 Å². The lowest BCUT2D eigenvalue weighted by molar-refractivity contribution is -0.131. The van der Waals surface area contributed by atoms with Crippen LogP contribution in [0.2, 0.25) is 0 Å². The van der Waals surface area contributed by atoms with E-state index in [1.54, 1.807) is 0 Å². The van der Waals surface area contributed by atoms with Gasteiger partial charge in [-0.1, -0.05) is 45.1 Å². The summed E-state index contributed by atoms with van der Waals surface area (Å²) in [5, 5.41) is 8.50. The lowest BCUT2D eigenvalue weighted by Crippen LogP contribution is -1.89. The molecule has 0 aromatic heterocycles. The maximum atomic E-state index is 10.4. The van der Waals surface area contributed by atoms with Gasteiger partial charge in [0.05, 0.1) is 0 Å².